The number of hydrogen-bond acceptors (Lipinski definition) is 2. The molecule has 2 unspecified atom stereocenters. The molecule has 2 rings (SSSR count). The van der Waals surface area contributed by atoms with Crippen LogP contribution in [0.2, 0.25) is 0 Å². The Bertz CT molecular complexity index is 416. The van der Waals surface area contributed by atoms with Crippen molar-refractivity contribution < 1.29 is 27.8 Å². The van der Waals surface area contributed by atoms with Crippen LogP contribution in [0.15, 0.2) is 24.3 Å². The van der Waals surface area contributed by atoms with Crippen molar-refractivity contribution in [2.75, 3.05) is 0 Å². The minimum absolute atomic E-state index is 0. The van der Waals surface area contributed by atoms with Gasteiger partial charge < -0.3 is 9.84 Å². The zero-order valence-corrected chi connectivity index (χ0v) is 7.86. The molecule has 0 bridgehead atoms. The Morgan fingerprint density at radius 2 is 1.76 bits per heavy atom. The van der Waals surface area contributed by atoms with Gasteiger partial charge in [0.15, 0.2) is 6.10 Å². The minimum atomic E-state index is -4.38. The van der Waals surface area contributed by atoms with E-state index in [0.29, 0.717) is 5.56 Å². The molecule has 1 aliphatic heterocycles. The topological polar surface area (TPSA) is 49.8 Å². The summed E-state index contributed by atoms with van der Waals surface area (Å²) < 4.78 is 41.5. The van der Waals surface area contributed by atoms with Gasteiger partial charge in [-0.05, 0) is 17.7 Å². The Balaban J connectivity index is 0.00000144. The Kier molecular flexibility index (Phi) is 4.24. The number of aliphatic carboxylic acids is 1. The quantitative estimate of drug-likeness (QED) is 0.645. The summed E-state index contributed by atoms with van der Waals surface area (Å²) in [5, 5.41) is 8.56. The van der Waals surface area contributed by atoms with Crippen molar-refractivity contribution in [3.8, 4) is 0 Å². The number of carboxylic acid groups (broad SMARTS) is 1. The zero-order valence-electron chi connectivity index (χ0n) is 7.86. The van der Waals surface area contributed by atoms with E-state index in [0.717, 1.165) is 12.1 Å². The van der Waals surface area contributed by atoms with Gasteiger partial charge in [0.2, 0.25) is 0 Å². The van der Waals surface area contributed by atoms with E-state index in [1.54, 1.807) is 0 Å². The molecule has 1 fully saturated rings. The Labute approximate surface area is 117 Å². The fourth-order valence-corrected chi connectivity index (χ4v) is 1.42. The number of ether oxygens (including phenoxy) is 1. The summed E-state index contributed by atoms with van der Waals surface area (Å²) >= 11 is 0. The molecule has 0 radical (unpaired) electrons. The molecule has 0 amide bonds. The third kappa shape index (κ3) is 3.22. The van der Waals surface area contributed by atoms with Gasteiger partial charge in [-0.1, -0.05) is 12.1 Å². The number of epoxide rings is 1. The summed E-state index contributed by atoms with van der Waals surface area (Å²) in [6, 6.07) is 4.29. The molecule has 0 spiro atoms. The summed E-state index contributed by atoms with van der Waals surface area (Å²) in [5.41, 5.74) is -0.316. The Hall–Kier alpha value is -0.560. The molecule has 7 heteroatoms. The molecule has 0 aromatic heterocycles. The second kappa shape index (κ2) is 4.97. The van der Waals surface area contributed by atoms with Crippen LogP contribution in [-0.2, 0) is 15.7 Å². The standard InChI is InChI=1S/C10H7F3O3.Na.H/c11-10(12,13)6-3-1-5(2-4-6)7-8(16-7)9(14)15;;/h1-4,7-8H,(H,14,15);;. The number of alkyl halides is 3. The van der Waals surface area contributed by atoms with Crippen molar-refractivity contribution in [1.29, 1.82) is 0 Å². The second-order valence-corrected chi connectivity index (χ2v) is 3.44. The van der Waals surface area contributed by atoms with E-state index in [1.807, 2.05) is 0 Å². The predicted molar refractivity (Wildman–Crippen MR) is 53.8 cm³/mol. The Morgan fingerprint density at radius 1 is 1.24 bits per heavy atom. The van der Waals surface area contributed by atoms with Crippen molar-refractivity contribution in [3.63, 3.8) is 0 Å². The van der Waals surface area contributed by atoms with Crippen molar-refractivity contribution in [2.45, 2.75) is 18.4 Å². The van der Waals surface area contributed by atoms with Gasteiger partial charge in [0.25, 0.3) is 0 Å². The van der Waals surface area contributed by atoms with Crippen LogP contribution in [-0.4, -0.2) is 46.7 Å². The first-order chi connectivity index (χ1) is 7.39. The molecule has 2 atom stereocenters. The van der Waals surface area contributed by atoms with Crippen LogP contribution in [0.4, 0.5) is 13.2 Å². The van der Waals surface area contributed by atoms with Crippen molar-refractivity contribution in [2.24, 2.45) is 0 Å². The van der Waals surface area contributed by atoms with E-state index in [1.165, 1.54) is 12.1 Å². The van der Waals surface area contributed by atoms with E-state index in [2.05, 4.69) is 0 Å². The monoisotopic (exact) mass is 256 g/mol. The molecule has 88 valence electrons. The molecule has 3 nitrogen and oxygen atoms in total. The van der Waals surface area contributed by atoms with Gasteiger partial charge in [-0.15, -0.1) is 0 Å². The van der Waals surface area contributed by atoms with Gasteiger partial charge in [-0.3, -0.25) is 0 Å². The number of carbonyl (C=O) groups is 1. The zero-order chi connectivity index (χ0) is 11.9. The van der Waals surface area contributed by atoms with E-state index in [9.17, 15) is 18.0 Å². The normalized spacial score (nSPS) is 22.8. The number of carboxylic acids is 1. The SMILES string of the molecule is O=C(O)C1OC1c1ccc(C(F)(F)F)cc1.[NaH]. The molecule has 1 saturated heterocycles. The fraction of sp³-hybridized carbons (Fsp3) is 0.300. The van der Waals surface area contributed by atoms with Crippen molar-refractivity contribution in [3.05, 3.63) is 35.4 Å². The first-order valence-electron chi connectivity index (χ1n) is 4.45. The van der Waals surface area contributed by atoms with Gasteiger partial charge in [0, 0.05) is 0 Å². The van der Waals surface area contributed by atoms with Gasteiger partial charge in [-0.2, -0.15) is 13.2 Å². The molecular weight excluding hydrogens is 248 g/mol. The van der Waals surface area contributed by atoms with Gasteiger partial charge in [0.05, 0.1) is 5.56 Å². The van der Waals surface area contributed by atoms with Crippen LogP contribution < -0.4 is 0 Å². The molecule has 1 N–H and O–H groups in total. The fourth-order valence-electron chi connectivity index (χ4n) is 1.42. The molecule has 0 saturated carbocycles. The predicted octanol–water partition coefficient (Wildman–Crippen LogP) is 1.58. The van der Waals surface area contributed by atoms with E-state index < -0.39 is 29.9 Å². The first kappa shape index (κ1) is 14.5. The second-order valence-electron chi connectivity index (χ2n) is 3.44. The number of hydrogen-bond donors (Lipinski definition) is 1. The molecular formula is C10H8F3NaO3. The molecule has 1 aliphatic rings. The number of rotatable bonds is 2. The third-order valence-corrected chi connectivity index (χ3v) is 2.30. The maximum atomic E-state index is 12.2. The van der Waals surface area contributed by atoms with Crippen molar-refractivity contribution in [1.82, 2.24) is 0 Å². The number of halogens is 3. The average molecular weight is 256 g/mol. The molecule has 1 aromatic carbocycles. The van der Waals surface area contributed by atoms with E-state index in [-0.39, 0.29) is 29.6 Å². The Morgan fingerprint density at radius 3 is 2.12 bits per heavy atom. The van der Waals surface area contributed by atoms with Crippen molar-refractivity contribution >= 4 is 35.5 Å². The van der Waals surface area contributed by atoms with Crippen LogP contribution >= 0.6 is 0 Å². The van der Waals surface area contributed by atoms with Crippen LogP contribution in [0.25, 0.3) is 0 Å². The van der Waals surface area contributed by atoms with Crippen LogP contribution in [0, 0.1) is 0 Å². The van der Waals surface area contributed by atoms with Gasteiger partial charge in [0.1, 0.15) is 6.10 Å². The van der Waals surface area contributed by atoms with E-state index >= 15 is 0 Å². The summed E-state index contributed by atoms with van der Waals surface area (Å²) in [4.78, 5) is 10.5. The molecule has 0 aliphatic carbocycles. The maximum absolute atomic E-state index is 12.2. The van der Waals surface area contributed by atoms with Crippen LogP contribution in [0.1, 0.15) is 17.2 Å². The molecule has 1 heterocycles. The summed E-state index contributed by atoms with van der Waals surface area (Å²) in [6.07, 6.45) is -5.94. The summed E-state index contributed by atoms with van der Waals surface area (Å²) in [6.45, 7) is 0. The van der Waals surface area contributed by atoms with Crippen LogP contribution in [0.3, 0.4) is 0 Å². The number of benzene rings is 1. The van der Waals surface area contributed by atoms with Gasteiger partial charge in [-0.25, -0.2) is 4.79 Å². The van der Waals surface area contributed by atoms with Crippen LogP contribution in [0.5, 0.6) is 0 Å². The third-order valence-electron chi connectivity index (χ3n) is 2.30. The average Bonchev–Trinajstić information content (AvgIpc) is 2.96. The van der Waals surface area contributed by atoms with Gasteiger partial charge >= 0.3 is 41.7 Å². The van der Waals surface area contributed by atoms with E-state index in [4.69, 9.17) is 9.84 Å². The summed E-state index contributed by atoms with van der Waals surface area (Å²) in [7, 11) is 0. The first-order valence-corrected chi connectivity index (χ1v) is 4.45. The summed E-state index contributed by atoms with van der Waals surface area (Å²) in [5.74, 6) is -1.11. The molecule has 17 heavy (non-hydrogen) atoms. The molecule has 1 aromatic rings.